The fraction of sp³-hybridized carbons (Fsp3) is 0. The highest BCUT2D eigenvalue weighted by atomic mass is 15.1. The fourth-order valence-electron chi connectivity index (χ4n) is 6.89. The number of rotatable bonds is 7. The maximum absolute atomic E-state index is 9.57. The summed E-state index contributed by atoms with van der Waals surface area (Å²) < 4.78 is 40.4. The van der Waals surface area contributed by atoms with Gasteiger partial charge in [-0.05, 0) is 82.4 Å². The van der Waals surface area contributed by atoms with Crippen molar-refractivity contribution < 1.29 is 5.48 Å². The Kier molecular flexibility index (Phi) is 6.48. The molecule has 8 aromatic carbocycles. The predicted octanol–water partition coefficient (Wildman–Crippen LogP) is 13.3. The van der Waals surface area contributed by atoms with Crippen LogP contribution < -0.4 is 4.90 Å². The van der Waals surface area contributed by atoms with Gasteiger partial charge in [0.1, 0.15) is 0 Å². The molecule has 0 spiro atoms. The number of para-hydroxylation sites is 3. The van der Waals surface area contributed by atoms with Crippen LogP contribution >= 0.6 is 0 Å². The third-order valence-electron chi connectivity index (χ3n) is 9.30. The Hall–Kier alpha value is -6.64. The molecule has 0 atom stereocenters. The van der Waals surface area contributed by atoms with E-state index in [0.29, 0.717) is 5.56 Å². The van der Waals surface area contributed by atoms with E-state index in [1.165, 1.54) is 0 Å². The highest BCUT2D eigenvalue weighted by Crippen LogP contribution is 2.40. The maximum Gasteiger partial charge on any atom is 0.0645 e. The summed E-state index contributed by atoms with van der Waals surface area (Å²) in [5.41, 5.74) is 9.54. The van der Waals surface area contributed by atoms with Crippen molar-refractivity contribution in [3.63, 3.8) is 0 Å². The number of anilines is 3. The Morgan fingerprint density at radius 1 is 0.340 bits per heavy atom. The smallest absolute Gasteiger partial charge is 0.0645 e. The van der Waals surface area contributed by atoms with E-state index in [4.69, 9.17) is 0 Å². The summed E-state index contributed by atoms with van der Waals surface area (Å²) >= 11 is 0. The van der Waals surface area contributed by atoms with Crippen molar-refractivity contribution >= 4 is 38.9 Å². The number of nitrogens with zero attached hydrogens (tertiary/aromatic N) is 2. The SMILES string of the molecule is [2H]c1c([2H])c(N(c2ccc(-c3ccccc3)cc2)c2ccc(-c3ccccc3)cc2)c([2H])c([2H])c1-c1ccccc1-n1c2ccccc2c2ccccc21. The standard InChI is InChI=1S/C48H34N2/c1-3-13-35(14-4-1)37-23-29-40(30-24-37)49(41-31-25-38(26-32-41)36-15-5-2-6-16-36)42-33-27-39(28-34-42)43-17-7-10-20-46(43)50-47-21-11-8-18-44(47)45-19-9-12-22-48(45)50/h1-34H/i27D,28D,33D,34D. The van der Waals surface area contributed by atoms with Crippen LogP contribution in [0.3, 0.4) is 0 Å². The molecule has 0 fully saturated rings. The second-order valence-corrected chi connectivity index (χ2v) is 12.3. The predicted molar refractivity (Wildman–Crippen MR) is 212 cm³/mol. The van der Waals surface area contributed by atoms with Gasteiger partial charge >= 0.3 is 0 Å². The molecule has 2 nitrogen and oxygen atoms in total. The van der Waals surface area contributed by atoms with Gasteiger partial charge in [-0.3, -0.25) is 0 Å². The molecule has 0 aliphatic heterocycles. The lowest BCUT2D eigenvalue weighted by molar-refractivity contribution is 1.18. The van der Waals surface area contributed by atoms with Gasteiger partial charge in [-0.25, -0.2) is 0 Å². The highest BCUT2D eigenvalue weighted by Gasteiger charge is 2.17. The first kappa shape index (κ1) is 25.4. The van der Waals surface area contributed by atoms with Gasteiger partial charge in [0, 0.05) is 33.4 Å². The van der Waals surface area contributed by atoms with Crippen molar-refractivity contribution in [1.29, 1.82) is 0 Å². The van der Waals surface area contributed by atoms with Gasteiger partial charge in [0.25, 0.3) is 0 Å². The number of hydrogen-bond donors (Lipinski definition) is 0. The molecule has 0 aliphatic carbocycles. The molecule has 0 aliphatic rings. The van der Waals surface area contributed by atoms with Crippen molar-refractivity contribution in [2.75, 3.05) is 4.90 Å². The van der Waals surface area contributed by atoms with E-state index < -0.39 is 0 Å². The number of benzene rings is 8. The highest BCUT2D eigenvalue weighted by molar-refractivity contribution is 6.09. The summed E-state index contributed by atoms with van der Waals surface area (Å²) in [7, 11) is 0. The zero-order valence-corrected chi connectivity index (χ0v) is 27.2. The molecule has 0 saturated carbocycles. The summed E-state index contributed by atoms with van der Waals surface area (Å²) in [6.07, 6.45) is 0. The third-order valence-corrected chi connectivity index (χ3v) is 9.30. The van der Waals surface area contributed by atoms with Crippen molar-refractivity contribution in [1.82, 2.24) is 4.57 Å². The van der Waals surface area contributed by atoms with Gasteiger partial charge in [0.2, 0.25) is 0 Å². The summed E-state index contributed by atoms with van der Waals surface area (Å²) in [4.78, 5) is 1.84. The molecule has 0 bridgehead atoms. The Morgan fingerprint density at radius 3 is 1.28 bits per heavy atom. The Balaban J connectivity index is 1.23. The lowest BCUT2D eigenvalue weighted by Gasteiger charge is -2.26. The average Bonchev–Trinajstić information content (AvgIpc) is 3.57. The zero-order chi connectivity index (χ0) is 36.8. The van der Waals surface area contributed by atoms with Gasteiger partial charge in [-0.1, -0.05) is 152 Å². The molecule has 50 heavy (non-hydrogen) atoms. The van der Waals surface area contributed by atoms with Gasteiger partial charge in [-0.15, -0.1) is 0 Å². The molecular formula is C48H34N2. The first-order valence-electron chi connectivity index (χ1n) is 18.8. The molecule has 236 valence electrons. The second-order valence-electron chi connectivity index (χ2n) is 12.3. The van der Waals surface area contributed by atoms with E-state index in [0.717, 1.165) is 61.1 Å². The van der Waals surface area contributed by atoms with Crippen LogP contribution in [0.2, 0.25) is 0 Å². The molecule has 0 amide bonds. The molecule has 2 heteroatoms. The topological polar surface area (TPSA) is 8.17 Å². The van der Waals surface area contributed by atoms with Crippen LogP contribution in [-0.2, 0) is 0 Å². The average molecular weight is 643 g/mol. The monoisotopic (exact) mass is 642 g/mol. The lowest BCUT2D eigenvalue weighted by atomic mass is 10.0. The summed E-state index contributed by atoms with van der Waals surface area (Å²) in [5, 5.41) is 2.20. The minimum absolute atomic E-state index is 0.106. The van der Waals surface area contributed by atoms with Crippen molar-refractivity contribution in [3.05, 3.63) is 206 Å². The van der Waals surface area contributed by atoms with Gasteiger partial charge < -0.3 is 9.47 Å². The Morgan fingerprint density at radius 2 is 0.760 bits per heavy atom. The molecular weight excluding hydrogens is 605 g/mol. The van der Waals surface area contributed by atoms with E-state index in [1.54, 1.807) is 0 Å². The molecule has 9 rings (SSSR count). The lowest BCUT2D eigenvalue weighted by Crippen LogP contribution is -2.09. The molecule has 0 N–H and O–H groups in total. The Labute approximate surface area is 298 Å². The third kappa shape index (κ3) is 5.34. The quantitative estimate of drug-likeness (QED) is 0.168. The maximum atomic E-state index is 9.57. The van der Waals surface area contributed by atoms with Crippen LogP contribution in [0, 0.1) is 0 Å². The molecule has 0 saturated heterocycles. The fourth-order valence-corrected chi connectivity index (χ4v) is 6.89. The van der Waals surface area contributed by atoms with Crippen LogP contribution in [-0.4, -0.2) is 4.57 Å². The second kappa shape index (κ2) is 12.8. The van der Waals surface area contributed by atoms with Crippen LogP contribution in [0.4, 0.5) is 17.1 Å². The number of fused-ring (bicyclic) bond motifs is 3. The van der Waals surface area contributed by atoms with Gasteiger partial charge in [0.05, 0.1) is 22.2 Å². The largest absolute Gasteiger partial charge is 0.311 e. The zero-order valence-electron chi connectivity index (χ0n) is 31.2. The van der Waals surface area contributed by atoms with Crippen LogP contribution in [0.1, 0.15) is 5.48 Å². The molecule has 0 unspecified atom stereocenters. The van der Waals surface area contributed by atoms with Crippen molar-refractivity contribution in [2.45, 2.75) is 0 Å². The van der Waals surface area contributed by atoms with E-state index >= 15 is 0 Å². The summed E-state index contributed by atoms with van der Waals surface area (Å²) in [6, 6.07) is 60.0. The van der Waals surface area contributed by atoms with E-state index in [2.05, 4.69) is 53.1 Å². The van der Waals surface area contributed by atoms with E-state index in [1.807, 2.05) is 138 Å². The minimum atomic E-state index is -0.123. The van der Waals surface area contributed by atoms with Crippen molar-refractivity contribution in [3.8, 4) is 39.1 Å². The Bertz CT molecular complexity index is 2630. The van der Waals surface area contributed by atoms with Gasteiger partial charge in [0.15, 0.2) is 0 Å². The summed E-state index contributed by atoms with van der Waals surface area (Å²) in [6.45, 7) is 0. The first-order valence-corrected chi connectivity index (χ1v) is 16.8. The summed E-state index contributed by atoms with van der Waals surface area (Å²) in [5.74, 6) is 0. The van der Waals surface area contributed by atoms with Gasteiger partial charge in [-0.2, -0.15) is 0 Å². The van der Waals surface area contributed by atoms with Crippen LogP contribution in [0.5, 0.6) is 0 Å². The first-order chi connectivity index (χ1) is 26.5. The number of hydrogen-bond acceptors (Lipinski definition) is 1. The van der Waals surface area contributed by atoms with E-state index in [-0.39, 0.29) is 35.4 Å². The molecule has 1 aromatic heterocycles. The van der Waals surface area contributed by atoms with Crippen molar-refractivity contribution in [2.24, 2.45) is 0 Å². The molecule has 9 aromatic rings. The normalized spacial score (nSPS) is 12.3. The van der Waals surface area contributed by atoms with Crippen LogP contribution in [0.15, 0.2) is 206 Å². The number of aromatic nitrogens is 1. The molecule has 1 heterocycles. The molecule has 0 radical (unpaired) electrons. The van der Waals surface area contributed by atoms with Crippen LogP contribution in [0.25, 0.3) is 60.9 Å². The minimum Gasteiger partial charge on any atom is -0.311 e. The van der Waals surface area contributed by atoms with E-state index in [9.17, 15) is 5.48 Å².